The smallest absolute Gasteiger partial charge is 0.252 e. The molecule has 0 aromatic heterocycles. The first-order valence-corrected chi connectivity index (χ1v) is 21.4. The van der Waals surface area contributed by atoms with Crippen molar-refractivity contribution in [2.75, 3.05) is 9.80 Å². The minimum Gasteiger partial charge on any atom is -0.314 e. The van der Waals surface area contributed by atoms with Crippen molar-refractivity contribution in [2.45, 2.75) is 41.1 Å². The van der Waals surface area contributed by atoms with E-state index >= 15 is 0 Å². The Kier molecular flexibility index (Phi) is 5.19. The molecule has 0 bridgehead atoms. The van der Waals surface area contributed by atoms with Gasteiger partial charge in [-0.1, -0.05) is 207 Å². The fourth-order valence-corrected chi connectivity index (χ4v) is 14.2. The molecule has 7 aromatic rings. The van der Waals surface area contributed by atoms with Crippen molar-refractivity contribution in [2.24, 2.45) is 0 Å². The summed E-state index contributed by atoms with van der Waals surface area (Å²) in [5.41, 5.74) is 37.1. The van der Waals surface area contributed by atoms with Crippen LogP contribution in [0.15, 0.2) is 103 Å². The monoisotopic (exact) mass is 716 g/mol. The maximum atomic E-state index is 2.83. The van der Waals surface area contributed by atoms with Crippen LogP contribution in [0.1, 0.15) is 11.1 Å². The van der Waals surface area contributed by atoms with Crippen molar-refractivity contribution in [1.82, 2.24) is 0 Å². The second-order valence-corrected chi connectivity index (χ2v) is 18.9. The van der Waals surface area contributed by atoms with E-state index in [2.05, 4.69) is 154 Å². The number of rotatable bonds is 0. The molecule has 0 atom stereocenters. The van der Waals surface area contributed by atoms with Crippen molar-refractivity contribution in [1.29, 1.82) is 0 Å². The van der Waals surface area contributed by atoms with Gasteiger partial charge in [-0.3, -0.25) is 0 Å². The molecule has 9 heteroatoms. The van der Waals surface area contributed by atoms with Crippen molar-refractivity contribution < 1.29 is 0 Å². The fraction of sp³-hybridized carbons (Fsp3) is 0.125. The third-order valence-electron chi connectivity index (χ3n) is 16.4. The molecule has 0 saturated carbocycles. The molecule has 8 heterocycles. The lowest BCUT2D eigenvalue weighted by atomic mass is 9.18. The number of benzene rings is 7. The molecule has 0 N–H and O–H groups in total. The normalized spacial score (nSPS) is 16.3. The zero-order valence-corrected chi connectivity index (χ0v) is 33.3. The minimum atomic E-state index is 0.149. The standard InChI is InChI=1S/C48H35B7N2/c1-24-19-34-43-36(21-24)55-37-22-25(2)20-35-44(37)57-46-33(52(35)6)18-16-31-41(46)54(29-14-10-8-12-27(29)50(31)4)39-23-38-47(42(55)48(39)57)56(43)45-32(51(34)5)17-15-30-40(45)53(38)28-13-9-7-11-26(28)49(30)3/h7-23H,1-6H3. The van der Waals surface area contributed by atoms with Crippen LogP contribution in [0.4, 0.5) is 34.1 Å². The lowest BCUT2D eigenvalue weighted by Crippen LogP contribution is -2.81. The topological polar surface area (TPSA) is 6.48 Å². The van der Waals surface area contributed by atoms with Gasteiger partial charge in [0.1, 0.15) is 0 Å². The van der Waals surface area contributed by atoms with E-state index in [0.717, 1.165) is 0 Å². The van der Waals surface area contributed by atoms with E-state index in [-0.39, 0.29) is 20.1 Å². The largest absolute Gasteiger partial charge is 0.314 e. The molecule has 57 heavy (non-hydrogen) atoms. The quantitative estimate of drug-likeness (QED) is 0.172. The molecule has 0 fully saturated rings. The average molecular weight is 716 g/mol. The highest BCUT2D eigenvalue weighted by Gasteiger charge is 2.58. The summed E-state index contributed by atoms with van der Waals surface area (Å²) >= 11 is 0. The summed E-state index contributed by atoms with van der Waals surface area (Å²) in [5.74, 6) is 0. The number of hydrogen-bond acceptors (Lipinski definition) is 2. The number of nitrogens with zero attached hydrogens (tertiary/aromatic N) is 2. The first-order chi connectivity index (χ1) is 27.8. The molecule has 7 aromatic carbocycles. The molecule has 0 radical (unpaired) electrons. The van der Waals surface area contributed by atoms with Crippen LogP contribution < -0.4 is 103 Å². The third kappa shape index (κ3) is 3.16. The molecule has 0 saturated heterocycles. The van der Waals surface area contributed by atoms with Gasteiger partial charge in [-0.15, -0.1) is 0 Å². The molecular formula is C48H35B7N2. The van der Waals surface area contributed by atoms with Gasteiger partial charge < -0.3 is 9.80 Å². The van der Waals surface area contributed by atoms with Gasteiger partial charge >= 0.3 is 0 Å². The Labute approximate surface area is 337 Å². The SMILES string of the molecule is CB1c2ccccc2B2c3cc4c5c6c3N3c7c(cc(C)cc7B6c6cc(C)cc7c6N5c5c(ccc6c5B4c4ccccc4B6C)B7C)B(C)c4ccc1c2c43. The highest BCUT2D eigenvalue weighted by atomic mass is 15.2. The molecule has 258 valence electrons. The number of fused-ring (bicyclic) bond motifs is 8. The van der Waals surface area contributed by atoms with Gasteiger partial charge in [0.05, 0.1) is 0 Å². The van der Waals surface area contributed by atoms with Gasteiger partial charge in [0, 0.05) is 34.1 Å². The summed E-state index contributed by atoms with van der Waals surface area (Å²) in [5, 5.41) is 0. The van der Waals surface area contributed by atoms with E-state index in [1.54, 1.807) is 10.9 Å². The lowest BCUT2D eigenvalue weighted by molar-refractivity contribution is 1.27. The maximum absolute atomic E-state index is 2.83. The second kappa shape index (κ2) is 9.64. The number of anilines is 6. The van der Waals surface area contributed by atoms with E-state index in [0.29, 0.717) is 26.9 Å². The summed E-state index contributed by atoms with van der Waals surface area (Å²) in [6.07, 6.45) is 0. The van der Waals surface area contributed by atoms with Gasteiger partial charge in [0.15, 0.2) is 0 Å². The van der Waals surface area contributed by atoms with E-state index < -0.39 is 0 Å². The summed E-state index contributed by atoms with van der Waals surface area (Å²) in [6.45, 7) is 16.3. The van der Waals surface area contributed by atoms with Gasteiger partial charge in [0.25, 0.3) is 6.71 Å². The Hall–Kier alpha value is -5.41. The Bertz CT molecular complexity index is 2990. The predicted octanol–water partition coefficient (Wildman–Crippen LogP) is -1.75. The van der Waals surface area contributed by atoms with Gasteiger partial charge in [-0.05, 0) is 41.2 Å². The van der Waals surface area contributed by atoms with E-state index in [1.807, 2.05) is 0 Å². The van der Waals surface area contributed by atoms with Crippen molar-refractivity contribution in [3.8, 4) is 0 Å². The van der Waals surface area contributed by atoms with E-state index in [9.17, 15) is 0 Å². The maximum Gasteiger partial charge on any atom is 0.252 e. The molecule has 0 unspecified atom stereocenters. The summed E-state index contributed by atoms with van der Waals surface area (Å²) in [7, 11) is 0. The molecule has 15 rings (SSSR count). The van der Waals surface area contributed by atoms with Crippen molar-refractivity contribution in [3.05, 3.63) is 114 Å². The predicted molar refractivity (Wildman–Crippen MR) is 256 cm³/mol. The third-order valence-corrected chi connectivity index (χ3v) is 16.4. The van der Waals surface area contributed by atoms with Crippen LogP contribution >= 0.6 is 0 Å². The zero-order chi connectivity index (χ0) is 37.7. The van der Waals surface area contributed by atoms with Crippen LogP contribution in [0.25, 0.3) is 0 Å². The highest BCUT2D eigenvalue weighted by molar-refractivity contribution is 7.14. The molecule has 0 spiro atoms. The van der Waals surface area contributed by atoms with Gasteiger partial charge in [-0.2, -0.15) is 0 Å². The summed E-state index contributed by atoms with van der Waals surface area (Å²) < 4.78 is 0. The number of aryl methyl sites for hydroxylation is 2. The van der Waals surface area contributed by atoms with E-state index in [4.69, 9.17) is 0 Å². The summed E-state index contributed by atoms with van der Waals surface area (Å²) in [6, 6.07) is 41.9. The Morgan fingerprint density at radius 3 is 1.09 bits per heavy atom. The zero-order valence-electron chi connectivity index (χ0n) is 33.3. The van der Waals surface area contributed by atoms with Crippen LogP contribution in [-0.2, 0) is 0 Å². The molecule has 2 nitrogen and oxygen atoms in total. The number of hydrogen-bond donors (Lipinski definition) is 0. The summed E-state index contributed by atoms with van der Waals surface area (Å²) in [4.78, 5) is 5.66. The van der Waals surface area contributed by atoms with Gasteiger partial charge in [0.2, 0.25) is 40.3 Å². The molecule has 0 aliphatic carbocycles. The van der Waals surface area contributed by atoms with Crippen LogP contribution in [0.3, 0.4) is 0 Å². The molecule has 0 amide bonds. The average Bonchev–Trinajstić information content (AvgIpc) is 3.22. The second-order valence-electron chi connectivity index (χ2n) is 18.9. The van der Waals surface area contributed by atoms with Crippen LogP contribution in [0, 0.1) is 13.8 Å². The first kappa shape index (κ1) is 30.7. The van der Waals surface area contributed by atoms with Crippen molar-refractivity contribution >= 4 is 174 Å². The Morgan fingerprint density at radius 1 is 0.298 bits per heavy atom. The molecule has 8 aliphatic heterocycles. The lowest BCUT2D eigenvalue weighted by Gasteiger charge is -2.56. The van der Waals surface area contributed by atoms with Crippen molar-refractivity contribution in [3.63, 3.8) is 0 Å². The van der Waals surface area contributed by atoms with Crippen LogP contribution in [0.5, 0.6) is 0 Å². The highest BCUT2D eigenvalue weighted by Crippen LogP contribution is 2.46. The minimum absolute atomic E-state index is 0.149. The fourth-order valence-electron chi connectivity index (χ4n) is 14.2. The molecule has 8 aliphatic rings. The first-order valence-electron chi connectivity index (χ1n) is 21.4. The molecular weight excluding hydrogens is 680 g/mol. The van der Waals surface area contributed by atoms with Gasteiger partial charge in [-0.25, -0.2) is 0 Å². The Balaban J connectivity index is 1.19. The van der Waals surface area contributed by atoms with Crippen LogP contribution in [0.2, 0.25) is 27.3 Å². The van der Waals surface area contributed by atoms with Crippen LogP contribution in [-0.4, -0.2) is 47.0 Å². The van der Waals surface area contributed by atoms with E-state index in [1.165, 1.54) is 127 Å². The Morgan fingerprint density at radius 2 is 0.632 bits per heavy atom.